The highest BCUT2D eigenvalue weighted by Crippen LogP contribution is 2.27. The molecule has 0 fully saturated rings. The number of nitrogens with one attached hydrogen (secondary N) is 1. The van der Waals surface area contributed by atoms with Crippen molar-refractivity contribution in [2.45, 2.75) is 25.9 Å². The minimum absolute atomic E-state index is 0.136. The molecule has 1 heterocycles. The standard InChI is InChI=1S/C18H21FN2/c1-13(15-4-3-5-17(19)11-15)20-12-14-6-7-18-16(10-14)8-9-21(18)2/h3-7,10-11,13,20H,8-9,12H2,1-2H3/t13-/m1/s1. The van der Waals surface area contributed by atoms with Crippen molar-refractivity contribution in [3.63, 3.8) is 0 Å². The normalized spacial score (nSPS) is 15.1. The monoisotopic (exact) mass is 284 g/mol. The number of likely N-dealkylation sites (N-methyl/N-ethyl adjacent to an activating group) is 1. The lowest BCUT2D eigenvalue weighted by atomic mass is 10.1. The molecule has 1 aliphatic heterocycles. The van der Waals surface area contributed by atoms with Gasteiger partial charge in [-0.3, -0.25) is 0 Å². The molecule has 0 saturated heterocycles. The second-order valence-corrected chi connectivity index (χ2v) is 5.79. The summed E-state index contributed by atoms with van der Waals surface area (Å²) < 4.78 is 13.2. The van der Waals surface area contributed by atoms with Crippen molar-refractivity contribution in [2.75, 3.05) is 18.5 Å². The third-order valence-electron chi connectivity index (χ3n) is 4.23. The van der Waals surface area contributed by atoms with Gasteiger partial charge in [-0.15, -0.1) is 0 Å². The minimum Gasteiger partial charge on any atom is -0.374 e. The quantitative estimate of drug-likeness (QED) is 0.921. The molecule has 0 spiro atoms. The third kappa shape index (κ3) is 3.08. The van der Waals surface area contributed by atoms with Gasteiger partial charge in [0.25, 0.3) is 0 Å². The summed E-state index contributed by atoms with van der Waals surface area (Å²) in [4.78, 5) is 2.29. The first-order valence-corrected chi connectivity index (χ1v) is 7.45. The van der Waals surface area contributed by atoms with E-state index in [1.54, 1.807) is 12.1 Å². The number of benzene rings is 2. The van der Waals surface area contributed by atoms with Gasteiger partial charge in [0.1, 0.15) is 5.82 Å². The Labute approximate surface area is 125 Å². The zero-order valence-corrected chi connectivity index (χ0v) is 12.6. The molecule has 0 unspecified atom stereocenters. The number of hydrogen-bond donors (Lipinski definition) is 1. The SMILES string of the molecule is C[C@@H](NCc1ccc2c(c1)CCN2C)c1cccc(F)c1. The lowest BCUT2D eigenvalue weighted by Crippen LogP contribution is -2.18. The fourth-order valence-corrected chi connectivity index (χ4v) is 2.89. The fourth-order valence-electron chi connectivity index (χ4n) is 2.89. The molecule has 3 rings (SSSR count). The maximum Gasteiger partial charge on any atom is 0.123 e. The molecule has 1 N–H and O–H groups in total. The van der Waals surface area contributed by atoms with Gasteiger partial charge >= 0.3 is 0 Å². The van der Waals surface area contributed by atoms with Gasteiger partial charge in [0.2, 0.25) is 0 Å². The van der Waals surface area contributed by atoms with Crippen molar-refractivity contribution < 1.29 is 4.39 Å². The Hall–Kier alpha value is -1.87. The van der Waals surface area contributed by atoms with Crippen LogP contribution < -0.4 is 10.2 Å². The van der Waals surface area contributed by atoms with Crippen LogP contribution in [0.5, 0.6) is 0 Å². The van der Waals surface area contributed by atoms with Gasteiger partial charge in [-0.2, -0.15) is 0 Å². The largest absolute Gasteiger partial charge is 0.374 e. The van der Waals surface area contributed by atoms with Crippen molar-refractivity contribution in [3.8, 4) is 0 Å². The maximum atomic E-state index is 13.2. The van der Waals surface area contributed by atoms with E-state index < -0.39 is 0 Å². The highest BCUT2D eigenvalue weighted by Gasteiger charge is 2.15. The van der Waals surface area contributed by atoms with E-state index >= 15 is 0 Å². The smallest absolute Gasteiger partial charge is 0.123 e. The van der Waals surface area contributed by atoms with E-state index in [1.165, 1.54) is 22.9 Å². The number of fused-ring (bicyclic) bond motifs is 1. The van der Waals surface area contributed by atoms with Gasteiger partial charge < -0.3 is 10.2 Å². The Morgan fingerprint density at radius 2 is 2.10 bits per heavy atom. The van der Waals surface area contributed by atoms with Crippen molar-refractivity contribution in [3.05, 3.63) is 65.0 Å². The van der Waals surface area contributed by atoms with Gasteiger partial charge in [0, 0.05) is 31.9 Å². The van der Waals surface area contributed by atoms with Crippen molar-refractivity contribution in [1.29, 1.82) is 0 Å². The van der Waals surface area contributed by atoms with E-state index in [4.69, 9.17) is 0 Å². The van der Waals surface area contributed by atoms with Crippen LogP contribution in [-0.2, 0) is 13.0 Å². The van der Waals surface area contributed by atoms with Gasteiger partial charge in [-0.25, -0.2) is 4.39 Å². The van der Waals surface area contributed by atoms with Crippen LogP contribution in [0.15, 0.2) is 42.5 Å². The molecule has 2 aromatic carbocycles. The lowest BCUT2D eigenvalue weighted by Gasteiger charge is -2.16. The Kier molecular flexibility index (Phi) is 3.93. The topological polar surface area (TPSA) is 15.3 Å². The molecule has 0 amide bonds. The summed E-state index contributed by atoms with van der Waals surface area (Å²) in [5.41, 5.74) is 5.04. The molecular weight excluding hydrogens is 263 g/mol. The van der Waals surface area contributed by atoms with E-state index in [0.717, 1.165) is 25.1 Å². The molecular formula is C18H21FN2. The summed E-state index contributed by atoms with van der Waals surface area (Å²) >= 11 is 0. The minimum atomic E-state index is -0.179. The third-order valence-corrected chi connectivity index (χ3v) is 4.23. The fraction of sp³-hybridized carbons (Fsp3) is 0.333. The van der Waals surface area contributed by atoms with Crippen LogP contribution in [0.25, 0.3) is 0 Å². The van der Waals surface area contributed by atoms with Crippen LogP contribution in [0.1, 0.15) is 29.7 Å². The highest BCUT2D eigenvalue weighted by atomic mass is 19.1. The average Bonchev–Trinajstić information content (AvgIpc) is 2.86. The molecule has 0 radical (unpaired) electrons. The number of rotatable bonds is 4. The summed E-state index contributed by atoms with van der Waals surface area (Å²) in [7, 11) is 2.13. The van der Waals surface area contributed by atoms with Crippen LogP contribution in [-0.4, -0.2) is 13.6 Å². The van der Waals surface area contributed by atoms with E-state index in [1.807, 2.05) is 6.07 Å². The molecule has 0 bridgehead atoms. The average molecular weight is 284 g/mol. The Morgan fingerprint density at radius 1 is 1.24 bits per heavy atom. The van der Waals surface area contributed by atoms with Gasteiger partial charge in [0.15, 0.2) is 0 Å². The number of nitrogens with zero attached hydrogens (tertiary/aromatic N) is 1. The first-order chi connectivity index (χ1) is 10.1. The zero-order chi connectivity index (χ0) is 14.8. The lowest BCUT2D eigenvalue weighted by molar-refractivity contribution is 0.565. The summed E-state index contributed by atoms with van der Waals surface area (Å²) in [6.45, 7) is 3.97. The summed E-state index contributed by atoms with van der Waals surface area (Å²) in [5, 5.41) is 3.46. The van der Waals surface area contributed by atoms with Crippen molar-refractivity contribution in [1.82, 2.24) is 5.32 Å². The summed E-state index contributed by atoms with van der Waals surface area (Å²) in [5.74, 6) is -0.179. The molecule has 2 aromatic rings. The second kappa shape index (κ2) is 5.86. The molecule has 0 aliphatic carbocycles. The number of halogens is 1. The van der Waals surface area contributed by atoms with Crippen molar-refractivity contribution in [2.24, 2.45) is 0 Å². The van der Waals surface area contributed by atoms with E-state index in [2.05, 4.69) is 42.4 Å². The second-order valence-electron chi connectivity index (χ2n) is 5.79. The number of anilines is 1. The Bertz CT molecular complexity index is 639. The number of hydrogen-bond acceptors (Lipinski definition) is 2. The van der Waals surface area contributed by atoms with Crippen LogP contribution in [0, 0.1) is 5.82 Å². The van der Waals surface area contributed by atoms with Crippen LogP contribution in [0.3, 0.4) is 0 Å². The molecule has 1 aliphatic rings. The predicted molar refractivity (Wildman–Crippen MR) is 85.1 cm³/mol. The Morgan fingerprint density at radius 3 is 2.90 bits per heavy atom. The van der Waals surface area contributed by atoms with Gasteiger partial charge in [-0.1, -0.05) is 24.3 Å². The van der Waals surface area contributed by atoms with E-state index in [9.17, 15) is 4.39 Å². The van der Waals surface area contributed by atoms with E-state index in [0.29, 0.717) is 0 Å². The molecule has 1 atom stereocenters. The van der Waals surface area contributed by atoms with Gasteiger partial charge in [0.05, 0.1) is 0 Å². The summed E-state index contributed by atoms with van der Waals surface area (Å²) in [6, 6.07) is 13.6. The van der Waals surface area contributed by atoms with Crippen molar-refractivity contribution >= 4 is 5.69 Å². The molecule has 21 heavy (non-hydrogen) atoms. The molecule has 110 valence electrons. The molecule has 0 aromatic heterocycles. The summed E-state index contributed by atoms with van der Waals surface area (Å²) in [6.07, 6.45) is 1.12. The van der Waals surface area contributed by atoms with Crippen LogP contribution in [0.2, 0.25) is 0 Å². The maximum absolute atomic E-state index is 13.2. The Balaban J connectivity index is 1.65. The first-order valence-electron chi connectivity index (χ1n) is 7.45. The molecule has 2 nitrogen and oxygen atoms in total. The molecule has 3 heteroatoms. The first kappa shape index (κ1) is 14.1. The molecule has 0 saturated carbocycles. The highest BCUT2D eigenvalue weighted by molar-refractivity contribution is 5.58. The van der Waals surface area contributed by atoms with Crippen LogP contribution in [0.4, 0.5) is 10.1 Å². The predicted octanol–water partition coefficient (Wildman–Crippen LogP) is 3.67. The van der Waals surface area contributed by atoms with Gasteiger partial charge in [-0.05, 0) is 48.2 Å². The van der Waals surface area contributed by atoms with Crippen LogP contribution >= 0.6 is 0 Å². The van der Waals surface area contributed by atoms with E-state index in [-0.39, 0.29) is 11.9 Å². The zero-order valence-electron chi connectivity index (χ0n) is 12.6.